The molecule has 1 N–H and O–H groups in total. The Labute approximate surface area is 115 Å². The van der Waals surface area contributed by atoms with Gasteiger partial charge in [-0.05, 0) is 20.8 Å². The van der Waals surface area contributed by atoms with Gasteiger partial charge in [-0.3, -0.25) is 4.90 Å². The van der Waals surface area contributed by atoms with Gasteiger partial charge in [0.25, 0.3) is 0 Å². The lowest BCUT2D eigenvalue weighted by atomic mass is 9.74. The molecule has 2 aliphatic rings. The normalized spacial score (nSPS) is 45.3. The number of hydrogen-bond acceptors (Lipinski definition) is 5. The lowest BCUT2D eigenvalue weighted by Crippen LogP contribution is -2.69. The third-order valence-electron chi connectivity index (χ3n) is 4.72. The molecule has 0 bridgehead atoms. The zero-order valence-corrected chi connectivity index (χ0v) is 12.5. The number of hydrogen-bond donors (Lipinski definition) is 1. The van der Waals surface area contributed by atoms with E-state index in [9.17, 15) is 5.11 Å². The van der Waals surface area contributed by atoms with Crippen molar-refractivity contribution in [2.24, 2.45) is 0 Å². The van der Waals surface area contributed by atoms with E-state index in [0.717, 1.165) is 26.3 Å². The third kappa shape index (κ3) is 2.81. The Kier molecular flexibility index (Phi) is 4.52. The molecule has 2 fully saturated rings. The van der Waals surface area contributed by atoms with Crippen LogP contribution in [0.5, 0.6) is 0 Å². The van der Waals surface area contributed by atoms with Gasteiger partial charge in [0.1, 0.15) is 5.60 Å². The van der Waals surface area contributed by atoms with Gasteiger partial charge in [0.15, 0.2) is 0 Å². The molecule has 0 aromatic rings. The van der Waals surface area contributed by atoms with Crippen LogP contribution in [0.25, 0.3) is 0 Å². The summed E-state index contributed by atoms with van der Waals surface area (Å²) in [4.78, 5) is 2.23. The predicted molar refractivity (Wildman–Crippen MR) is 72.2 cm³/mol. The molecule has 1 unspecified atom stereocenters. The highest BCUT2D eigenvalue weighted by Gasteiger charge is 2.56. The van der Waals surface area contributed by atoms with Crippen LogP contribution in [0, 0.1) is 0 Å². The second-order valence-electron chi connectivity index (χ2n) is 6.04. The van der Waals surface area contributed by atoms with Crippen LogP contribution in [-0.4, -0.2) is 73.4 Å². The number of aliphatic hydroxyl groups is 1. The molecular formula is C14H27NO4. The minimum absolute atomic E-state index is 0.102. The van der Waals surface area contributed by atoms with Crippen LogP contribution in [0.3, 0.4) is 0 Å². The minimum atomic E-state index is -0.994. The molecule has 0 aromatic carbocycles. The van der Waals surface area contributed by atoms with Gasteiger partial charge in [-0.1, -0.05) is 0 Å². The summed E-state index contributed by atoms with van der Waals surface area (Å²) >= 11 is 0. The summed E-state index contributed by atoms with van der Waals surface area (Å²) < 4.78 is 16.9. The molecule has 0 amide bonds. The zero-order valence-electron chi connectivity index (χ0n) is 12.5. The molecule has 4 atom stereocenters. The summed E-state index contributed by atoms with van der Waals surface area (Å²) in [7, 11) is 1.68. The van der Waals surface area contributed by atoms with Gasteiger partial charge in [-0.25, -0.2) is 0 Å². The van der Waals surface area contributed by atoms with Crippen LogP contribution in [0.15, 0.2) is 0 Å². The average molecular weight is 273 g/mol. The monoisotopic (exact) mass is 273 g/mol. The highest BCUT2D eigenvalue weighted by molar-refractivity contribution is 5.07. The van der Waals surface area contributed by atoms with Gasteiger partial charge in [-0.2, -0.15) is 0 Å². The molecule has 0 saturated carbocycles. The summed E-state index contributed by atoms with van der Waals surface area (Å²) in [5.74, 6) is 0. The molecule has 19 heavy (non-hydrogen) atoms. The van der Waals surface area contributed by atoms with E-state index in [-0.39, 0.29) is 12.2 Å². The van der Waals surface area contributed by atoms with E-state index in [0.29, 0.717) is 13.0 Å². The lowest BCUT2D eigenvalue weighted by Gasteiger charge is -2.54. The number of morpholine rings is 1. The number of ether oxygens (including phenoxy) is 3. The summed E-state index contributed by atoms with van der Waals surface area (Å²) in [6.07, 6.45) is 0.559. The van der Waals surface area contributed by atoms with Crippen LogP contribution in [0.1, 0.15) is 27.2 Å². The van der Waals surface area contributed by atoms with Gasteiger partial charge < -0.3 is 19.3 Å². The fourth-order valence-electron chi connectivity index (χ4n) is 3.32. The quantitative estimate of drug-likeness (QED) is 0.818. The van der Waals surface area contributed by atoms with E-state index in [1.54, 1.807) is 7.11 Å². The van der Waals surface area contributed by atoms with Gasteiger partial charge in [-0.15, -0.1) is 0 Å². The van der Waals surface area contributed by atoms with Crippen molar-refractivity contribution < 1.29 is 19.3 Å². The summed E-state index contributed by atoms with van der Waals surface area (Å²) in [5, 5.41) is 11.2. The standard InChI is InChI=1S/C14H27NO4/c1-11-9-13(3,17-4)14(16,12(2)19-11)10-15-5-7-18-8-6-15/h11-12,16H,5-10H2,1-4H3/t11-,12-,13+,14?/m0/s1. The number of nitrogens with zero attached hydrogens (tertiary/aromatic N) is 1. The second-order valence-corrected chi connectivity index (χ2v) is 6.04. The van der Waals surface area contributed by atoms with Crippen LogP contribution in [-0.2, 0) is 14.2 Å². The van der Waals surface area contributed by atoms with Crippen LogP contribution in [0.4, 0.5) is 0 Å². The van der Waals surface area contributed by atoms with Crippen molar-refractivity contribution in [1.82, 2.24) is 4.90 Å². The van der Waals surface area contributed by atoms with Crippen molar-refractivity contribution in [2.45, 2.75) is 50.6 Å². The van der Waals surface area contributed by atoms with Crippen LogP contribution >= 0.6 is 0 Å². The van der Waals surface area contributed by atoms with Crippen molar-refractivity contribution in [3.63, 3.8) is 0 Å². The maximum atomic E-state index is 11.2. The van der Waals surface area contributed by atoms with Crippen molar-refractivity contribution in [3.05, 3.63) is 0 Å². The van der Waals surface area contributed by atoms with Crippen molar-refractivity contribution in [1.29, 1.82) is 0 Å². The Morgan fingerprint density at radius 2 is 1.95 bits per heavy atom. The SMILES string of the molecule is CO[C@]1(C)C[C@H](C)O[C@@H](C)C1(O)CN1CCOCC1. The fraction of sp³-hybridized carbons (Fsp3) is 1.00. The molecule has 2 rings (SSSR count). The van der Waals surface area contributed by atoms with E-state index in [2.05, 4.69) is 4.90 Å². The van der Waals surface area contributed by atoms with E-state index >= 15 is 0 Å². The molecule has 2 heterocycles. The highest BCUT2D eigenvalue weighted by atomic mass is 16.5. The molecule has 0 spiro atoms. The maximum absolute atomic E-state index is 11.2. The van der Waals surface area contributed by atoms with Crippen molar-refractivity contribution >= 4 is 0 Å². The first-order valence-corrected chi connectivity index (χ1v) is 7.14. The topological polar surface area (TPSA) is 51.2 Å². The third-order valence-corrected chi connectivity index (χ3v) is 4.72. The first-order valence-electron chi connectivity index (χ1n) is 7.14. The molecule has 5 nitrogen and oxygen atoms in total. The predicted octanol–water partition coefficient (Wildman–Crippen LogP) is 0.652. The van der Waals surface area contributed by atoms with E-state index in [4.69, 9.17) is 14.2 Å². The molecule has 0 radical (unpaired) electrons. The minimum Gasteiger partial charge on any atom is -0.383 e. The first-order chi connectivity index (χ1) is 8.91. The van der Waals surface area contributed by atoms with Gasteiger partial charge in [0.05, 0.1) is 31.0 Å². The molecule has 5 heteroatoms. The molecule has 0 aromatic heterocycles. The van der Waals surface area contributed by atoms with E-state index < -0.39 is 11.2 Å². The number of methoxy groups -OCH3 is 1. The fourth-order valence-corrected chi connectivity index (χ4v) is 3.32. The van der Waals surface area contributed by atoms with Crippen LogP contribution in [0.2, 0.25) is 0 Å². The largest absolute Gasteiger partial charge is 0.383 e. The molecule has 0 aliphatic carbocycles. The summed E-state index contributed by atoms with van der Waals surface area (Å²) in [6.45, 7) is 9.68. The highest BCUT2D eigenvalue weighted by Crippen LogP contribution is 2.40. The Morgan fingerprint density at radius 3 is 2.53 bits per heavy atom. The molecule has 2 aliphatic heterocycles. The Hall–Kier alpha value is -0.200. The molecule has 2 saturated heterocycles. The zero-order chi connectivity index (χ0) is 14.1. The van der Waals surface area contributed by atoms with Crippen molar-refractivity contribution in [3.8, 4) is 0 Å². The average Bonchev–Trinajstić information content (AvgIpc) is 2.37. The summed E-state index contributed by atoms with van der Waals surface area (Å²) in [6, 6.07) is 0. The Bertz CT molecular complexity index is 308. The Balaban J connectivity index is 2.15. The van der Waals surface area contributed by atoms with Crippen LogP contribution < -0.4 is 0 Å². The Morgan fingerprint density at radius 1 is 1.32 bits per heavy atom. The van der Waals surface area contributed by atoms with E-state index in [1.165, 1.54) is 0 Å². The van der Waals surface area contributed by atoms with E-state index in [1.807, 2.05) is 20.8 Å². The van der Waals surface area contributed by atoms with Gasteiger partial charge >= 0.3 is 0 Å². The maximum Gasteiger partial charge on any atom is 0.132 e. The van der Waals surface area contributed by atoms with Gasteiger partial charge in [0.2, 0.25) is 0 Å². The van der Waals surface area contributed by atoms with Crippen molar-refractivity contribution in [2.75, 3.05) is 40.0 Å². The lowest BCUT2D eigenvalue weighted by molar-refractivity contribution is -0.274. The first kappa shape index (κ1) is 15.2. The molecule has 112 valence electrons. The number of β-amino-alcohol motifs (C(OH)–C–C–N with tert-alkyl or cyclic N) is 1. The smallest absolute Gasteiger partial charge is 0.132 e. The second kappa shape index (κ2) is 5.66. The summed E-state index contributed by atoms with van der Waals surface area (Å²) in [5.41, 5.74) is -1.58. The van der Waals surface area contributed by atoms with Gasteiger partial charge in [0, 0.05) is 33.2 Å². The number of rotatable bonds is 3. The molecular weight excluding hydrogens is 246 g/mol.